The molecule has 0 rings (SSSR count). The van der Waals surface area contributed by atoms with Crippen LogP contribution in [0, 0.1) is 5.92 Å². The molecular weight excluding hydrogens is 188 g/mol. The standard InChI is InChI=1S/C13H24O2/c1-7-11(6)12(14)15-13(8-2,9-3)10(4)5/h10H,6-9H2,1-5H3. The van der Waals surface area contributed by atoms with Crippen LogP contribution in [-0.2, 0) is 9.53 Å². The molecule has 0 aromatic carbocycles. The van der Waals surface area contributed by atoms with Crippen LogP contribution in [0.3, 0.4) is 0 Å². The maximum absolute atomic E-state index is 11.7. The molecule has 0 aliphatic carbocycles. The molecular formula is C13H24O2. The fourth-order valence-electron chi connectivity index (χ4n) is 1.73. The Labute approximate surface area is 93.7 Å². The van der Waals surface area contributed by atoms with Crippen LogP contribution in [0.25, 0.3) is 0 Å². The third-order valence-electron chi connectivity index (χ3n) is 3.26. The van der Waals surface area contributed by atoms with Gasteiger partial charge in [-0.2, -0.15) is 0 Å². The average Bonchev–Trinajstić information content (AvgIpc) is 2.24. The third kappa shape index (κ3) is 3.37. The second-order valence-corrected chi connectivity index (χ2v) is 4.27. The molecule has 0 radical (unpaired) electrons. The molecule has 88 valence electrons. The second-order valence-electron chi connectivity index (χ2n) is 4.27. The quantitative estimate of drug-likeness (QED) is 0.495. The van der Waals surface area contributed by atoms with Crippen molar-refractivity contribution in [2.24, 2.45) is 5.92 Å². The van der Waals surface area contributed by atoms with Gasteiger partial charge in [-0.05, 0) is 25.2 Å². The van der Waals surface area contributed by atoms with Crippen LogP contribution in [0.1, 0.15) is 53.9 Å². The van der Waals surface area contributed by atoms with Gasteiger partial charge in [-0.15, -0.1) is 0 Å². The highest BCUT2D eigenvalue weighted by Gasteiger charge is 2.34. The molecule has 2 heteroatoms. The summed E-state index contributed by atoms with van der Waals surface area (Å²) in [5.74, 6) is 0.0935. The summed E-state index contributed by atoms with van der Waals surface area (Å²) in [6.07, 6.45) is 2.36. The minimum Gasteiger partial charge on any atom is -0.455 e. The minimum atomic E-state index is -0.324. The first-order valence-electron chi connectivity index (χ1n) is 5.84. The number of carbonyl (C=O) groups excluding carboxylic acids is 1. The number of rotatable bonds is 6. The van der Waals surface area contributed by atoms with Gasteiger partial charge in [0.1, 0.15) is 5.60 Å². The van der Waals surface area contributed by atoms with E-state index in [0.717, 1.165) is 12.8 Å². The van der Waals surface area contributed by atoms with Gasteiger partial charge in [0.25, 0.3) is 0 Å². The zero-order chi connectivity index (χ0) is 12.1. The lowest BCUT2D eigenvalue weighted by atomic mass is 9.85. The van der Waals surface area contributed by atoms with Gasteiger partial charge in [0, 0.05) is 5.57 Å². The van der Waals surface area contributed by atoms with E-state index in [1.807, 2.05) is 6.92 Å². The molecule has 0 bridgehead atoms. The SMILES string of the molecule is C=C(CC)C(=O)OC(CC)(CC)C(C)C. The normalized spacial score (nSPS) is 11.6. The summed E-state index contributed by atoms with van der Waals surface area (Å²) in [7, 11) is 0. The zero-order valence-corrected chi connectivity index (χ0v) is 10.7. The average molecular weight is 212 g/mol. The number of hydrogen-bond donors (Lipinski definition) is 0. The Balaban J connectivity index is 4.68. The van der Waals surface area contributed by atoms with Crippen LogP contribution in [0.2, 0.25) is 0 Å². The van der Waals surface area contributed by atoms with Crippen molar-refractivity contribution in [3.05, 3.63) is 12.2 Å². The molecule has 0 spiro atoms. The maximum atomic E-state index is 11.7. The molecule has 0 aliphatic rings. The van der Waals surface area contributed by atoms with Crippen LogP contribution >= 0.6 is 0 Å². The van der Waals surface area contributed by atoms with Crippen molar-refractivity contribution in [3.8, 4) is 0 Å². The van der Waals surface area contributed by atoms with Crippen LogP contribution in [-0.4, -0.2) is 11.6 Å². The summed E-state index contributed by atoms with van der Waals surface area (Å²) < 4.78 is 5.61. The number of esters is 1. The number of hydrogen-bond acceptors (Lipinski definition) is 2. The molecule has 0 aromatic heterocycles. The van der Waals surface area contributed by atoms with E-state index >= 15 is 0 Å². The lowest BCUT2D eigenvalue weighted by molar-refractivity contribution is -0.161. The van der Waals surface area contributed by atoms with Crippen molar-refractivity contribution in [2.45, 2.75) is 59.5 Å². The van der Waals surface area contributed by atoms with Crippen molar-refractivity contribution in [3.63, 3.8) is 0 Å². The van der Waals surface area contributed by atoms with Crippen molar-refractivity contribution < 1.29 is 9.53 Å². The zero-order valence-electron chi connectivity index (χ0n) is 10.7. The largest absolute Gasteiger partial charge is 0.455 e. The van der Waals surface area contributed by atoms with Gasteiger partial charge < -0.3 is 4.74 Å². The van der Waals surface area contributed by atoms with Gasteiger partial charge >= 0.3 is 5.97 Å². The Morgan fingerprint density at radius 1 is 1.27 bits per heavy atom. The van der Waals surface area contributed by atoms with Gasteiger partial charge in [-0.3, -0.25) is 0 Å². The summed E-state index contributed by atoms with van der Waals surface area (Å²) >= 11 is 0. The first-order valence-corrected chi connectivity index (χ1v) is 5.84. The molecule has 15 heavy (non-hydrogen) atoms. The van der Waals surface area contributed by atoms with E-state index in [0.29, 0.717) is 17.9 Å². The molecule has 0 aliphatic heterocycles. The Bertz CT molecular complexity index is 225. The molecule has 0 amide bonds. The monoisotopic (exact) mass is 212 g/mol. The summed E-state index contributed by atoms with van der Waals surface area (Å²) in [4.78, 5) is 11.7. The number of ether oxygens (including phenoxy) is 1. The molecule has 0 atom stereocenters. The molecule has 0 saturated heterocycles. The summed E-state index contributed by atoms with van der Waals surface area (Å²) in [5, 5.41) is 0. The molecule has 0 saturated carbocycles. The molecule has 0 fully saturated rings. The Morgan fingerprint density at radius 3 is 2.00 bits per heavy atom. The van der Waals surface area contributed by atoms with Gasteiger partial charge in [-0.1, -0.05) is 41.2 Å². The maximum Gasteiger partial charge on any atom is 0.333 e. The van der Waals surface area contributed by atoms with E-state index in [9.17, 15) is 4.79 Å². The number of carbonyl (C=O) groups is 1. The van der Waals surface area contributed by atoms with Crippen molar-refractivity contribution in [1.82, 2.24) is 0 Å². The Kier molecular flexibility index (Phi) is 5.63. The highest BCUT2D eigenvalue weighted by Crippen LogP contribution is 2.30. The Morgan fingerprint density at radius 2 is 1.73 bits per heavy atom. The predicted octanol–water partition coefficient (Wildman–Crippen LogP) is 3.71. The van der Waals surface area contributed by atoms with Crippen molar-refractivity contribution in [1.29, 1.82) is 0 Å². The van der Waals surface area contributed by atoms with Gasteiger partial charge in [-0.25, -0.2) is 4.79 Å². The molecule has 0 aromatic rings. The smallest absolute Gasteiger partial charge is 0.333 e. The summed E-state index contributed by atoms with van der Waals surface area (Å²) in [6.45, 7) is 13.9. The molecule has 0 unspecified atom stereocenters. The minimum absolute atomic E-state index is 0.241. The van der Waals surface area contributed by atoms with Crippen molar-refractivity contribution >= 4 is 5.97 Å². The predicted molar refractivity (Wildman–Crippen MR) is 63.7 cm³/mol. The van der Waals surface area contributed by atoms with E-state index in [-0.39, 0.29) is 11.6 Å². The summed E-state index contributed by atoms with van der Waals surface area (Å²) in [5.41, 5.74) is 0.233. The van der Waals surface area contributed by atoms with Gasteiger partial charge in [0.05, 0.1) is 0 Å². The lowest BCUT2D eigenvalue weighted by Crippen LogP contribution is -2.39. The van der Waals surface area contributed by atoms with Gasteiger partial charge in [0.15, 0.2) is 0 Å². The molecule has 0 heterocycles. The van der Waals surface area contributed by atoms with Crippen LogP contribution < -0.4 is 0 Å². The lowest BCUT2D eigenvalue weighted by Gasteiger charge is -2.35. The van der Waals surface area contributed by atoms with Crippen LogP contribution in [0.5, 0.6) is 0 Å². The van der Waals surface area contributed by atoms with Gasteiger partial charge in [0.2, 0.25) is 0 Å². The van der Waals surface area contributed by atoms with Crippen molar-refractivity contribution in [2.75, 3.05) is 0 Å². The fraction of sp³-hybridized carbons (Fsp3) is 0.769. The third-order valence-corrected chi connectivity index (χ3v) is 3.26. The van der Waals surface area contributed by atoms with E-state index in [1.165, 1.54) is 0 Å². The van der Waals surface area contributed by atoms with E-state index < -0.39 is 0 Å². The van der Waals surface area contributed by atoms with E-state index in [4.69, 9.17) is 4.74 Å². The fourth-order valence-corrected chi connectivity index (χ4v) is 1.73. The van der Waals surface area contributed by atoms with Crippen LogP contribution in [0.15, 0.2) is 12.2 Å². The first kappa shape index (κ1) is 14.2. The highest BCUT2D eigenvalue weighted by molar-refractivity contribution is 5.87. The Hall–Kier alpha value is -0.790. The molecule has 0 N–H and O–H groups in total. The highest BCUT2D eigenvalue weighted by atomic mass is 16.6. The topological polar surface area (TPSA) is 26.3 Å². The van der Waals surface area contributed by atoms with Crippen LogP contribution in [0.4, 0.5) is 0 Å². The van der Waals surface area contributed by atoms with E-state index in [1.54, 1.807) is 0 Å². The second kappa shape index (κ2) is 5.94. The molecule has 2 nitrogen and oxygen atoms in total. The first-order chi connectivity index (χ1) is 6.93. The van der Waals surface area contributed by atoms with E-state index in [2.05, 4.69) is 34.3 Å². The summed E-state index contributed by atoms with van der Waals surface area (Å²) in [6, 6.07) is 0.